The first-order valence-electron chi connectivity index (χ1n) is 6.17. The van der Waals surface area contributed by atoms with E-state index in [1.807, 2.05) is 6.07 Å². The summed E-state index contributed by atoms with van der Waals surface area (Å²) in [4.78, 5) is 0. The summed E-state index contributed by atoms with van der Waals surface area (Å²) >= 11 is 6.89. The Labute approximate surface area is 130 Å². The molecule has 0 aliphatic carbocycles. The summed E-state index contributed by atoms with van der Waals surface area (Å²) in [6.07, 6.45) is 0.812. The monoisotopic (exact) mass is 384 g/mol. The maximum atomic E-state index is 13.5. The second-order valence-corrected chi connectivity index (χ2v) is 6.12. The molecule has 0 aliphatic rings. The van der Waals surface area contributed by atoms with Gasteiger partial charge in [-0.25, -0.2) is 4.39 Å². The Morgan fingerprint density at radius 3 is 2.42 bits per heavy atom. The van der Waals surface area contributed by atoms with E-state index in [0.717, 1.165) is 17.3 Å². The first-order valence-corrected chi connectivity index (χ1v) is 8.08. The lowest BCUT2D eigenvalue weighted by Gasteiger charge is -2.16. The van der Waals surface area contributed by atoms with Crippen molar-refractivity contribution in [2.24, 2.45) is 0 Å². The van der Waals surface area contributed by atoms with E-state index in [1.165, 1.54) is 17.2 Å². The van der Waals surface area contributed by atoms with Crippen LogP contribution in [0.2, 0.25) is 0 Å². The molecule has 0 saturated heterocycles. The maximum absolute atomic E-state index is 13.5. The number of hydrogen-bond acceptors (Lipinski definition) is 0. The van der Waals surface area contributed by atoms with Gasteiger partial charge >= 0.3 is 0 Å². The average molecular weight is 386 g/mol. The number of hydrogen-bond donors (Lipinski definition) is 0. The molecule has 2 aromatic rings. The average Bonchev–Trinajstić information content (AvgIpc) is 2.42. The second kappa shape index (κ2) is 6.67. The van der Waals surface area contributed by atoms with Gasteiger partial charge in [-0.1, -0.05) is 57.9 Å². The van der Waals surface area contributed by atoms with Gasteiger partial charge in [-0.05, 0) is 52.4 Å². The summed E-state index contributed by atoms with van der Waals surface area (Å²) in [5.41, 5.74) is 3.53. The van der Waals surface area contributed by atoms with E-state index in [0.29, 0.717) is 10.4 Å². The Bertz CT molecular complexity index is 549. The third-order valence-corrected chi connectivity index (χ3v) is 4.90. The van der Waals surface area contributed by atoms with Crippen molar-refractivity contribution >= 4 is 31.9 Å². The zero-order valence-electron chi connectivity index (χ0n) is 10.7. The predicted octanol–water partition coefficient (Wildman–Crippen LogP) is 5.62. The van der Waals surface area contributed by atoms with Crippen molar-refractivity contribution in [2.75, 3.05) is 5.33 Å². The van der Waals surface area contributed by atoms with Crippen LogP contribution in [0.15, 0.2) is 46.9 Å². The van der Waals surface area contributed by atoms with E-state index in [4.69, 9.17) is 0 Å². The molecule has 3 heteroatoms. The zero-order valence-corrected chi connectivity index (χ0v) is 13.8. The third kappa shape index (κ3) is 3.67. The van der Waals surface area contributed by atoms with Gasteiger partial charge in [0.05, 0.1) is 4.47 Å². The molecular formula is C16H15Br2F. The lowest BCUT2D eigenvalue weighted by molar-refractivity contribution is 0.616. The standard InChI is InChI=1S/C16H15Br2F/c1-11-5-7-12(8-6-11)14(10-17)9-13-3-2-4-15(19)16(13)18/h2-8,14H,9-10H2,1H3. The van der Waals surface area contributed by atoms with E-state index in [9.17, 15) is 4.39 Å². The fraction of sp³-hybridized carbons (Fsp3) is 0.250. The molecule has 0 aromatic heterocycles. The van der Waals surface area contributed by atoms with E-state index in [2.05, 4.69) is 63.0 Å². The van der Waals surface area contributed by atoms with Gasteiger partial charge in [-0.3, -0.25) is 0 Å². The lowest BCUT2D eigenvalue weighted by Crippen LogP contribution is -2.05. The topological polar surface area (TPSA) is 0 Å². The molecule has 1 atom stereocenters. The smallest absolute Gasteiger partial charge is 0.137 e. The van der Waals surface area contributed by atoms with Crippen molar-refractivity contribution < 1.29 is 4.39 Å². The Hall–Kier alpha value is -0.670. The molecule has 0 nitrogen and oxygen atoms in total. The zero-order chi connectivity index (χ0) is 13.8. The Kier molecular flexibility index (Phi) is 5.17. The van der Waals surface area contributed by atoms with Gasteiger partial charge in [0.15, 0.2) is 0 Å². The molecule has 2 rings (SSSR count). The van der Waals surface area contributed by atoms with Crippen molar-refractivity contribution in [3.63, 3.8) is 0 Å². The summed E-state index contributed by atoms with van der Waals surface area (Å²) in [5, 5.41) is 0.860. The van der Waals surface area contributed by atoms with Crippen LogP contribution in [0.4, 0.5) is 4.39 Å². The maximum Gasteiger partial charge on any atom is 0.137 e. The highest BCUT2D eigenvalue weighted by molar-refractivity contribution is 9.10. The lowest BCUT2D eigenvalue weighted by atomic mass is 9.93. The first kappa shape index (κ1) is 14.7. The molecular weight excluding hydrogens is 371 g/mol. The van der Waals surface area contributed by atoms with Crippen molar-refractivity contribution in [3.8, 4) is 0 Å². The van der Waals surface area contributed by atoms with E-state index in [1.54, 1.807) is 6.07 Å². The van der Waals surface area contributed by atoms with Gasteiger partial charge in [-0.15, -0.1) is 0 Å². The summed E-state index contributed by atoms with van der Waals surface area (Å²) in [5.74, 6) is 0.147. The van der Waals surface area contributed by atoms with Crippen LogP contribution in [0.1, 0.15) is 22.6 Å². The van der Waals surface area contributed by atoms with Crippen LogP contribution in [0.5, 0.6) is 0 Å². The normalized spacial score (nSPS) is 12.4. The van der Waals surface area contributed by atoms with Crippen LogP contribution < -0.4 is 0 Å². The molecule has 0 spiro atoms. The van der Waals surface area contributed by atoms with Gasteiger partial charge in [0.25, 0.3) is 0 Å². The molecule has 0 fully saturated rings. The summed E-state index contributed by atoms with van der Waals surface area (Å²) in [6, 6.07) is 13.7. The molecule has 0 aliphatic heterocycles. The summed E-state index contributed by atoms with van der Waals surface area (Å²) in [6.45, 7) is 2.08. The molecule has 0 saturated carbocycles. The molecule has 0 N–H and O–H groups in total. The van der Waals surface area contributed by atoms with Gasteiger partial charge in [-0.2, -0.15) is 0 Å². The third-order valence-electron chi connectivity index (χ3n) is 3.23. The molecule has 0 bridgehead atoms. The van der Waals surface area contributed by atoms with Crippen molar-refractivity contribution in [1.29, 1.82) is 0 Å². The fourth-order valence-corrected chi connectivity index (χ4v) is 3.10. The van der Waals surface area contributed by atoms with Crippen molar-refractivity contribution in [2.45, 2.75) is 19.3 Å². The summed E-state index contributed by atoms with van der Waals surface area (Å²) < 4.78 is 14.1. The van der Waals surface area contributed by atoms with Crippen LogP contribution in [0.3, 0.4) is 0 Å². The molecule has 100 valence electrons. The molecule has 2 aromatic carbocycles. The van der Waals surface area contributed by atoms with Crippen LogP contribution in [-0.2, 0) is 6.42 Å². The van der Waals surface area contributed by atoms with Gasteiger partial charge in [0, 0.05) is 5.33 Å². The van der Waals surface area contributed by atoms with Gasteiger partial charge < -0.3 is 0 Å². The van der Waals surface area contributed by atoms with Crippen LogP contribution in [0, 0.1) is 12.7 Å². The Morgan fingerprint density at radius 2 is 1.79 bits per heavy atom. The minimum atomic E-state index is -0.199. The van der Waals surface area contributed by atoms with Crippen LogP contribution in [0.25, 0.3) is 0 Å². The predicted molar refractivity (Wildman–Crippen MR) is 85.5 cm³/mol. The van der Waals surface area contributed by atoms with E-state index in [-0.39, 0.29) is 5.82 Å². The highest BCUT2D eigenvalue weighted by atomic mass is 79.9. The highest BCUT2D eigenvalue weighted by Crippen LogP contribution is 2.28. The minimum absolute atomic E-state index is 0.199. The van der Waals surface area contributed by atoms with E-state index < -0.39 is 0 Å². The van der Waals surface area contributed by atoms with Crippen molar-refractivity contribution in [1.82, 2.24) is 0 Å². The highest BCUT2D eigenvalue weighted by Gasteiger charge is 2.14. The fourth-order valence-electron chi connectivity index (χ4n) is 2.07. The SMILES string of the molecule is Cc1ccc(C(CBr)Cc2cccc(F)c2Br)cc1. The number of halogens is 3. The minimum Gasteiger partial charge on any atom is -0.206 e. The number of rotatable bonds is 4. The number of aryl methyl sites for hydroxylation is 1. The number of alkyl halides is 1. The van der Waals surface area contributed by atoms with Crippen LogP contribution in [-0.4, -0.2) is 5.33 Å². The quantitative estimate of drug-likeness (QED) is 0.599. The van der Waals surface area contributed by atoms with Gasteiger partial charge in [0.2, 0.25) is 0 Å². The molecule has 0 amide bonds. The first-order chi connectivity index (χ1) is 9.11. The largest absolute Gasteiger partial charge is 0.206 e. The Balaban J connectivity index is 2.24. The van der Waals surface area contributed by atoms with Crippen LogP contribution >= 0.6 is 31.9 Å². The van der Waals surface area contributed by atoms with Crippen molar-refractivity contribution in [3.05, 3.63) is 69.4 Å². The second-order valence-electron chi connectivity index (χ2n) is 4.68. The number of benzene rings is 2. The van der Waals surface area contributed by atoms with E-state index >= 15 is 0 Å². The molecule has 1 unspecified atom stereocenters. The molecule has 19 heavy (non-hydrogen) atoms. The summed E-state index contributed by atoms with van der Waals surface area (Å²) in [7, 11) is 0. The Morgan fingerprint density at radius 1 is 1.11 bits per heavy atom. The molecule has 0 heterocycles. The van der Waals surface area contributed by atoms with Gasteiger partial charge in [0.1, 0.15) is 5.82 Å². The molecule has 0 radical (unpaired) electrons.